The van der Waals surface area contributed by atoms with Gasteiger partial charge in [0.2, 0.25) is 5.91 Å². The first-order valence-corrected chi connectivity index (χ1v) is 7.04. The number of thioether (sulfide) groups is 1. The number of nitrogens with two attached hydrogens (primary N) is 1. The first-order valence-electron chi connectivity index (χ1n) is 5.78. The Bertz CT molecular complexity index is 410. The zero-order valence-corrected chi connectivity index (χ0v) is 13.7. The summed E-state index contributed by atoms with van der Waals surface area (Å²) in [4.78, 5) is 13.0. The summed E-state index contributed by atoms with van der Waals surface area (Å²) >= 11 is 7.31. The molecule has 0 fully saturated rings. The van der Waals surface area contributed by atoms with Crippen LogP contribution in [0.1, 0.15) is 20.8 Å². The molecule has 0 aromatic heterocycles. The van der Waals surface area contributed by atoms with Crippen LogP contribution in [0.15, 0.2) is 29.2 Å². The molecule has 0 radical (unpaired) electrons. The number of hydrogen-bond donors (Lipinski definition) is 2. The number of benzene rings is 1. The Balaban J connectivity index is 0.00000324. The van der Waals surface area contributed by atoms with E-state index in [1.165, 1.54) is 11.8 Å². The third-order valence-electron chi connectivity index (χ3n) is 2.47. The molecule has 0 saturated heterocycles. The number of hydrogen-bond acceptors (Lipinski definition) is 3. The Morgan fingerprint density at radius 3 is 2.42 bits per heavy atom. The fraction of sp³-hybridized carbons (Fsp3) is 0.462. The summed E-state index contributed by atoms with van der Waals surface area (Å²) in [5.74, 6) is -0.00889. The Morgan fingerprint density at radius 1 is 1.42 bits per heavy atom. The molecule has 0 saturated carbocycles. The molecule has 1 amide bonds. The van der Waals surface area contributed by atoms with Crippen molar-refractivity contribution in [3.63, 3.8) is 0 Å². The summed E-state index contributed by atoms with van der Waals surface area (Å²) in [6.45, 7) is 6.10. The van der Waals surface area contributed by atoms with Crippen LogP contribution in [0.4, 0.5) is 0 Å². The lowest BCUT2D eigenvalue weighted by Gasteiger charge is -2.26. The van der Waals surface area contributed by atoms with E-state index in [0.717, 1.165) is 4.90 Å². The van der Waals surface area contributed by atoms with Gasteiger partial charge in [-0.2, -0.15) is 0 Å². The Labute approximate surface area is 130 Å². The van der Waals surface area contributed by atoms with Crippen molar-refractivity contribution in [2.75, 3.05) is 6.54 Å². The van der Waals surface area contributed by atoms with Gasteiger partial charge in [0.15, 0.2) is 0 Å². The minimum atomic E-state index is -0.369. The van der Waals surface area contributed by atoms with Gasteiger partial charge in [-0.1, -0.05) is 11.6 Å². The molecule has 3 N–H and O–H groups in total. The van der Waals surface area contributed by atoms with Crippen LogP contribution in [0, 0.1) is 0 Å². The molecule has 0 aliphatic rings. The van der Waals surface area contributed by atoms with E-state index in [1.807, 2.05) is 45.0 Å². The molecule has 108 valence electrons. The van der Waals surface area contributed by atoms with Crippen LogP contribution in [0.5, 0.6) is 0 Å². The summed E-state index contributed by atoms with van der Waals surface area (Å²) in [6.07, 6.45) is 0. The molecule has 0 spiro atoms. The van der Waals surface area contributed by atoms with E-state index in [-0.39, 0.29) is 29.1 Å². The minimum absolute atomic E-state index is 0. The van der Waals surface area contributed by atoms with E-state index in [9.17, 15) is 4.79 Å². The van der Waals surface area contributed by atoms with Gasteiger partial charge in [-0.05, 0) is 45.0 Å². The average molecular weight is 323 g/mol. The highest BCUT2D eigenvalue weighted by Crippen LogP contribution is 2.25. The SMILES string of the molecule is CC(Sc1ccc(Cl)cc1)C(=O)NC(C)(C)CN.Cl. The van der Waals surface area contributed by atoms with Gasteiger partial charge >= 0.3 is 0 Å². The summed E-state index contributed by atoms with van der Waals surface area (Å²) in [7, 11) is 0. The molecule has 6 heteroatoms. The zero-order valence-electron chi connectivity index (χ0n) is 11.3. The topological polar surface area (TPSA) is 55.1 Å². The Hall–Kier alpha value is -0.420. The zero-order chi connectivity index (χ0) is 13.8. The molecule has 1 atom stereocenters. The van der Waals surface area contributed by atoms with Crippen molar-refractivity contribution in [2.24, 2.45) is 5.73 Å². The van der Waals surface area contributed by atoms with Crippen LogP contribution in [-0.2, 0) is 4.79 Å². The van der Waals surface area contributed by atoms with E-state index >= 15 is 0 Å². The van der Waals surface area contributed by atoms with Crippen molar-refractivity contribution in [3.05, 3.63) is 29.3 Å². The fourth-order valence-corrected chi connectivity index (χ4v) is 2.25. The molecule has 0 aliphatic heterocycles. The maximum atomic E-state index is 12.0. The summed E-state index contributed by atoms with van der Waals surface area (Å²) in [6, 6.07) is 7.45. The maximum Gasteiger partial charge on any atom is 0.233 e. The third kappa shape index (κ3) is 6.52. The van der Waals surface area contributed by atoms with E-state index in [4.69, 9.17) is 17.3 Å². The summed E-state index contributed by atoms with van der Waals surface area (Å²) in [5.41, 5.74) is 5.22. The predicted octanol–water partition coefficient (Wildman–Crippen LogP) is 3.10. The van der Waals surface area contributed by atoms with Crippen molar-refractivity contribution < 1.29 is 4.79 Å². The average Bonchev–Trinajstić information content (AvgIpc) is 2.31. The van der Waals surface area contributed by atoms with Gasteiger partial charge in [-0.15, -0.1) is 24.2 Å². The number of carbonyl (C=O) groups excluding carboxylic acids is 1. The highest BCUT2D eigenvalue weighted by Gasteiger charge is 2.22. The van der Waals surface area contributed by atoms with Crippen molar-refractivity contribution >= 4 is 41.7 Å². The molecule has 1 unspecified atom stereocenters. The number of rotatable bonds is 5. The molecule has 1 rings (SSSR count). The first-order chi connectivity index (χ1) is 8.34. The van der Waals surface area contributed by atoms with Gasteiger partial charge in [0.1, 0.15) is 0 Å². The van der Waals surface area contributed by atoms with Gasteiger partial charge < -0.3 is 11.1 Å². The van der Waals surface area contributed by atoms with E-state index in [1.54, 1.807) is 0 Å². The van der Waals surface area contributed by atoms with E-state index in [2.05, 4.69) is 5.32 Å². The normalized spacial score (nSPS) is 12.5. The van der Waals surface area contributed by atoms with E-state index in [0.29, 0.717) is 11.6 Å². The fourth-order valence-electron chi connectivity index (χ4n) is 1.26. The lowest BCUT2D eigenvalue weighted by Crippen LogP contribution is -2.51. The molecular formula is C13H20Cl2N2OS. The van der Waals surface area contributed by atoms with Gasteiger partial charge in [0.25, 0.3) is 0 Å². The van der Waals surface area contributed by atoms with Crippen LogP contribution in [0.2, 0.25) is 5.02 Å². The standard InChI is InChI=1S/C13H19ClN2OS.ClH/c1-9(12(17)16-13(2,3)8-15)18-11-6-4-10(14)5-7-11;/h4-7,9H,8,15H2,1-3H3,(H,16,17);1H. The largest absolute Gasteiger partial charge is 0.349 e. The number of nitrogens with one attached hydrogen (secondary N) is 1. The van der Waals surface area contributed by atoms with Crippen LogP contribution < -0.4 is 11.1 Å². The Kier molecular flexibility index (Phi) is 7.82. The van der Waals surface area contributed by atoms with Crippen molar-refractivity contribution in [2.45, 2.75) is 36.5 Å². The van der Waals surface area contributed by atoms with Crippen LogP contribution in [-0.4, -0.2) is 23.2 Å². The second-order valence-corrected chi connectivity index (χ2v) is 6.64. The lowest BCUT2D eigenvalue weighted by molar-refractivity contribution is -0.121. The van der Waals surface area contributed by atoms with Gasteiger partial charge in [0.05, 0.1) is 5.25 Å². The molecule has 1 aromatic carbocycles. The molecule has 0 bridgehead atoms. The van der Waals surface area contributed by atoms with E-state index < -0.39 is 0 Å². The Morgan fingerprint density at radius 2 is 1.95 bits per heavy atom. The van der Waals surface area contributed by atoms with Gasteiger partial charge in [0, 0.05) is 22.0 Å². The maximum absolute atomic E-state index is 12.0. The summed E-state index contributed by atoms with van der Waals surface area (Å²) in [5, 5.41) is 3.45. The smallest absolute Gasteiger partial charge is 0.233 e. The monoisotopic (exact) mass is 322 g/mol. The van der Waals surface area contributed by atoms with Crippen molar-refractivity contribution in [1.82, 2.24) is 5.32 Å². The first kappa shape index (κ1) is 18.6. The van der Waals surface area contributed by atoms with Crippen molar-refractivity contribution in [1.29, 1.82) is 0 Å². The van der Waals surface area contributed by atoms with Crippen LogP contribution >= 0.6 is 35.8 Å². The number of amides is 1. The quantitative estimate of drug-likeness (QED) is 0.819. The highest BCUT2D eigenvalue weighted by atomic mass is 35.5. The molecular weight excluding hydrogens is 303 g/mol. The minimum Gasteiger partial charge on any atom is -0.349 e. The molecule has 3 nitrogen and oxygen atoms in total. The second kappa shape index (κ2) is 8.00. The van der Waals surface area contributed by atoms with Crippen LogP contribution in [0.25, 0.3) is 0 Å². The molecule has 0 aliphatic carbocycles. The lowest BCUT2D eigenvalue weighted by atomic mass is 10.1. The van der Waals surface area contributed by atoms with Crippen LogP contribution in [0.3, 0.4) is 0 Å². The highest BCUT2D eigenvalue weighted by molar-refractivity contribution is 8.00. The number of halogens is 2. The molecule has 19 heavy (non-hydrogen) atoms. The second-order valence-electron chi connectivity index (χ2n) is 4.79. The number of carbonyl (C=O) groups is 1. The molecule has 1 aromatic rings. The van der Waals surface area contributed by atoms with Gasteiger partial charge in [-0.3, -0.25) is 4.79 Å². The molecule has 0 heterocycles. The predicted molar refractivity (Wildman–Crippen MR) is 85.3 cm³/mol. The van der Waals surface area contributed by atoms with Crippen molar-refractivity contribution in [3.8, 4) is 0 Å². The van der Waals surface area contributed by atoms with Gasteiger partial charge in [-0.25, -0.2) is 0 Å². The third-order valence-corrected chi connectivity index (χ3v) is 3.83. The summed E-state index contributed by atoms with van der Waals surface area (Å²) < 4.78 is 0.